The number of rotatable bonds is 2. The second-order valence-corrected chi connectivity index (χ2v) is 3.48. The van der Waals surface area contributed by atoms with Gasteiger partial charge in [0.15, 0.2) is 0 Å². The predicted molar refractivity (Wildman–Crippen MR) is 34.9 cm³/mol. The van der Waals surface area contributed by atoms with Gasteiger partial charge >= 0.3 is 103 Å². The molecule has 0 unspecified atom stereocenters. The molecule has 2 aliphatic heterocycles. The molecule has 15 heavy (non-hydrogen) atoms. The molecule has 0 spiro atoms. The zero-order valence-corrected chi connectivity index (χ0v) is 15.0. The summed E-state index contributed by atoms with van der Waals surface area (Å²) in [5.74, 6) is -4.74. The minimum absolute atomic E-state index is 0. The van der Waals surface area contributed by atoms with Crippen molar-refractivity contribution in [2.75, 3.05) is 0 Å². The van der Waals surface area contributed by atoms with E-state index < -0.39 is 36.0 Å². The SMILES string of the molecule is O=C([O-])[C@@H]1[C@H](C(=O)[O-])[C@H]2CC[C@@H]1O2.[K+].[K+]. The van der Waals surface area contributed by atoms with E-state index in [4.69, 9.17) is 4.74 Å². The summed E-state index contributed by atoms with van der Waals surface area (Å²) in [4.78, 5) is 21.2. The molecule has 2 heterocycles. The molecule has 2 rings (SSSR count). The molecule has 2 saturated heterocycles. The fraction of sp³-hybridized carbons (Fsp3) is 0.750. The van der Waals surface area contributed by atoms with Crippen molar-refractivity contribution in [3.8, 4) is 0 Å². The summed E-state index contributed by atoms with van der Waals surface area (Å²) in [5, 5.41) is 21.2. The molecule has 0 aromatic rings. The summed E-state index contributed by atoms with van der Waals surface area (Å²) in [5.41, 5.74) is 0. The fourth-order valence-electron chi connectivity index (χ4n) is 2.28. The molecule has 0 aromatic carbocycles. The molecule has 0 saturated carbocycles. The van der Waals surface area contributed by atoms with Gasteiger partial charge in [0.05, 0.1) is 12.2 Å². The Kier molecular flexibility index (Phi) is 7.94. The molecular formula is C8H8K2O5. The molecule has 0 aromatic heterocycles. The van der Waals surface area contributed by atoms with Crippen LogP contribution in [0.5, 0.6) is 0 Å². The summed E-state index contributed by atoms with van der Waals surface area (Å²) >= 11 is 0. The quantitative estimate of drug-likeness (QED) is 0.461. The van der Waals surface area contributed by atoms with Gasteiger partial charge in [0.1, 0.15) is 0 Å². The molecule has 2 fully saturated rings. The van der Waals surface area contributed by atoms with Crippen LogP contribution in [0.2, 0.25) is 0 Å². The Balaban J connectivity index is 0.000000980. The first kappa shape index (κ1) is 17.2. The predicted octanol–water partition coefficient (Wildman–Crippen LogP) is -8.71. The molecule has 72 valence electrons. The molecule has 0 amide bonds. The van der Waals surface area contributed by atoms with Crippen LogP contribution in [0, 0.1) is 11.8 Å². The number of carbonyl (C=O) groups excluding carboxylic acids is 2. The molecule has 7 heteroatoms. The zero-order chi connectivity index (χ0) is 9.59. The van der Waals surface area contributed by atoms with Crippen LogP contribution >= 0.6 is 0 Å². The van der Waals surface area contributed by atoms with E-state index >= 15 is 0 Å². The maximum atomic E-state index is 10.6. The van der Waals surface area contributed by atoms with E-state index in [-0.39, 0.29) is 103 Å². The summed E-state index contributed by atoms with van der Waals surface area (Å²) in [6.45, 7) is 0. The van der Waals surface area contributed by atoms with E-state index in [1.807, 2.05) is 0 Å². The van der Waals surface area contributed by atoms with Crippen molar-refractivity contribution in [2.24, 2.45) is 11.8 Å². The Morgan fingerprint density at radius 2 is 1.27 bits per heavy atom. The number of aliphatic carboxylic acids is 2. The number of hydrogen-bond donors (Lipinski definition) is 0. The smallest absolute Gasteiger partial charge is 0.550 e. The minimum Gasteiger partial charge on any atom is -0.550 e. The number of carboxylic acids is 2. The third-order valence-corrected chi connectivity index (χ3v) is 2.82. The van der Waals surface area contributed by atoms with Gasteiger partial charge in [0.25, 0.3) is 0 Å². The Hall–Kier alpha value is 2.17. The summed E-state index contributed by atoms with van der Waals surface area (Å²) < 4.78 is 5.18. The van der Waals surface area contributed by atoms with Gasteiger partial charge < -0.3 is 24.5 Å². The zero-order valence-electron chi connectivity index (χ0n) is 8.76. The van der Waals surface area contributed by atoms with Gasteiger partial charge in [-0.1, -0.05) is 0 Å². The molecule has 0 N–H and O–H groups in total. The largest absolute Gasteiger partial charge is 1.00 e. The van der Waals surface area contributed by atoms with Crippen molar-refractivity contribution in [1.82, 2.24) is 0 Å². The van der Waals surface area contributed by atoms with Gasteiger partial charge in [0.2, 0.25) is 0 Å². The van der Waals surface area contributed by atoms with Gasteiger partial charge in [0, 0.05) is 23.8 Å². The van der Waals surface area contributed by atoms with Crippen LogP contribution in [0.15, 0.2) is 0 Å². The molecular weight excluding hydrogens is 254 g/mol. The number of fused-ring (bicyclic) bond motifs is 2. The van der Waals surface area contributed by atoms with Crippen LogP contribution < -0.4 is 113 Å². The van der Waals surface area contributed by atoms with Gasteiger partial charge in [-0.2, -0.15) is 0 Å². The maximum Gasteiger partial charge on any atom is 1.00 e. The molecule has 2 bridgehead atoms. The number of ether oxygens (including phenoxy) is 1. The van der Waals surface area contributed by atoms with Crippen molar-refractivity contribution in [2.45, 2.75) is 25.0 Å². The van der Waals surface area contributed by atoms with Crippen LogP contribution in [-0.2, 0) is 14.3 Å². The van der Waals surface area contributed by atoms with E-state index in [2.05, 4.69) is 0 Å². The van der Waals surface area contributed by atoms with Gasteiger partial charge in [-0.15, -0.1) is 0 Å². The van der Waals surface area contributed by atoms with E-state index in [0.717, 1.165) is 0 Å². The number of carbonyl (C=O) groups is 2. The average molecular weight is 262 g/mol. The molecule has 5 nitrogen and oxygen atoms in total. The fourth-order valence-corrected chi connectivity index (χ4v) is 2.28. The topological polar surface area (TPSA) is 89.5 Å². The summed E-state index contributed by atoms with van der Waals surface area (Å²) in [6.07, 6.45) is 0.232. The normalized spacial score (nSPS) is 36.5. The number of carboxylic acid groups (broad SMARTS) is 2. The Morgan fingerprint density at radius 1 is 0.933 bits per heavy atom. The third kappa shape index (κ3) is 3.34. The summed E-state index contributed by atoms with van der Waals surface area (Å²) in [7, 11) is 0. The maximum absolute atomic E-state index is 10.6. The standard InChI is InChI=1S/C8H10O5.2K/c9-7(10)5-3-1-2-4(13-3)6(5)8(11)12;;/h3-6H,1-2H2,(H,9,10)(H,11,12);;/q;2*+1/p-2/t3-,4+,5-,6+;;. The Morgan fingerprint density at radius 3 is 1.53 bits per heavy atom. The second-order valence-electron chi connectivity index (χ2n) is 3.48. The number of hydrogen-bond acceptors (Lipinski definition) is 5. The van der Waals surface area contributed by atoms with Crippen LogP contribution in [0.3, 0.4) is 0 Å². The first-order chi connectivity index (χ1) is 6.11. The van der Waals surface area contributed by atoms with Crippen LogP contribution in [0.1, 0.15) is 12.8 Å². The van der Waals surface area contributed by atoms with E-state index in [0.29, 0.717) is 12.8 Å². The Bertz CT molecular complexity index is 244. The Labute approximate surface area is 172 Å². The molecule has 0 aliphatic carbocycles. The molecule has 0 radical (unpaired) electrons. The third-order valence-electron chi connectivity index (χ3n) is 2.82. The van der Waals surface area contributed by atoms with Gasteiger partial charge in [-0.3, -0.25) is 0 Å². The van der Waals surface area contributed by atoms with Crippen molar-refractivity contribution in [3.63, 3.8) is 0 Å². The average Bonchev–Trinajstić information content (AvgIpc) is 2.60. The van der Waals surface area contributed by atoms with Crippen molar-refractivity contribution < 1.29 is 127 Å². The first-order valence-electron chi connectivity index (χ1n) is 4.18. The summed E-state index contributed by atoms with van der Waals surface area (Å²) in [6, 6.07) is 0. The molecule has 4 atom stereocenters. The van der Waals surface area contributed by atoms with Crippen molar-refractivity contribution in [1.29, 1.82) is 0 Å². The van der Waals surface area contributed by atoms with Crippen molar-refractivity contribution >= 4 is 11.9 Å². The van der Waals surface area contributed by atoms with Gasteiger partial charge in [-0.25, -0.2) is 0 Å². The van der Waals surface area contributed by atoms with Gasteiger partial charge in [-0.05, 0) is 12.8 Å². The van der Waals surface area contributed by atoms with Crippen LogP contribution in [-0.4, -0.2) is 24.1 Å². The second kappa shape index (κ2) is 6.93. The molecule has 2 aliphatic rings. The van der Waals surface area contributed by atoms with E-state index in [1.54, 1.807) is 0 Å². The van der Waals surface area contributed by atoms with E-state index in [1.165, 1.54) is 0 Å². The van der Waals surface area contributed by atoms with Crippen molar-refractivity contribution in [3.05, 3.63) is 0 Å². The monoisotopic (exact) mass is 262 g/mol. The van der Waals surface area contributed by atoms with Crippen LogP contribution in [0.4, 0.5) is 0 Å². The van der Waals surface area contributed by atoms with E-state index in [9.17, 15) is 19.8 Å². The van der Waals surface area contributed by atoms with Crippen LogP contribution in [0.25, 0.3) is 0 Å². The minimum atomic E-state index is -1.35. The first-order valence-corrected chi connectivity index (χ1v) is 4.18.